The number of para-hydroxylation sites is 1. The number of rotatable bonds is 7. The van der Waals surface area contributed by atoms with Gasteiger partial charge in [0.05, 0.1) is 6.04 Å². The number of hydrogen-bond acceptors (Lipinski definition) is 5. The van der Waals surface area contributed by atoms with Gasteiger partial charge in [0.15, 0.2) is 0 Å². The van der Waals surface area contributed by atoms with Crippen molar-refractivity contribution in [3.05, 3.63) is 179 Å². The molecular weight excluding hydrogens is 850 g/mol. The fraction of sp³-hybridized carbons (Fsp3) is 0.234. The average Bonchev–Trinajstić information content (AvgIpc) is 3.62. The fourth-order valence-corrected chi connectivity index (χ4v) is 8.62. The molecule has 0 fully saturated rings. The first-order valence-corrected chi connectivity index (χ1v) is 19.0. The molecule has 0 amide bonds. The van der Waals surface area contributed by atoms with Crippen LogP contribution in [0.5, 0.6) is 11.5 Å². The van der Waals surface area contributed by atoms with Crippen LogP contribution in [0.25, 0.3) is 0 Å². The van der Waals surface area contributed by atoms with Crippen LogP contribution in [0.1, 0.15) is 79.5 Å². The van der Waals surface area contributed by atoms with Gasteiger partial charge in [0, 0.05) is 40.1 Å². The van der Waals surface area contributed by atoms with Crippen LogP contribution in [-0.4, -0.2) is 21.8 Å². The number of benzene rings is 5. The van der Waals surface area contributed by atoms with Crippen molar-refractivity contribution in [3.63, 3.8) is 0 Å². The zero-order valence-corrected chi connectivity index (χ0v) is 34.0. The van der Waals surface area contributed by atoms with E-state index in [2.05, 4.69) is 168 Å². The maximum absolute atomic E-state index is 6.63. The van der Waals surface area contributed by atoms with Gasteiger partial charge in [-0.1, -0.05) is 138 Å². The molecule has 0 N–H and O–H groups in total. The van der Waals surface area contributed by atoms with Crippen LogP contribution in [0.3, 0.4) is 0 Å². The number of thioether (sulfide) groups is 1. The smallest absolute Gasteiger partial charge is 0.503 e. The molecule has 268 valence electrons. The Morgan fingerprint density at radius 3 is 2.17 bits per heavy atom. The summed E-state index contributed by atoms with van der Waals surface area (Å²) in [7, 11) is 0. The average molecular weight is 893 g/mol. The van der Waals surface area contributed by atoms with E-state index < -0.39 is 0 Å². The Balaban J connectivity index is 0.00000435. The molecule has 0 aliphatic carbocycles. The van der Waals surface area contributed by atoms with Gasteiger partial charge in [-0.05, 0) is 51.3 Å². The van der Waals surface area contributed by atoms with Gasteiger partial charge in [-0.25, -0.2) is 4.98 Å². The normalized spacial score (nSPS) is 16.0. The summed E-state index contributed by atoms with van der Waals surface area (Å²) in [5.74, 6) is 3.22. The molecule has 4 nitrogen and oxygen atoms in total. The molecule has 53 heavy (non-hydrogen) atoms. The Labute approximate surface area is 333 Å². The Bertz CT molecular complexity index is 2240. The van der Waals surface area contributed by atoms with Gasteiger partial charge in [0.2, 0.25) is 0 Å². The number of hydrogen-bond donors (Lipinski definition) is 0. The standard InChI is InChI=1S/C47H43N3OS.Pt/c1-31-25-34(45-49-40(30-52-45)44(32-15-9-7-10-16-32)33-17-11-8-12-18-33)27-37(26-31)51-36-21-22-39-42(29-36)50(41-20-14-13-19-38(41)47(39,5)6)43-28-35(23-24-48-43)46(2,3)4;/h7-26,28,40,44H,30H2,1-6H3;/q-2;+2/t40-;/m0./s1. The van der Waals surface area contributed by atoms with E-state index in [9.17, 15) is 0 Å². The predicted octanol–water partition coefficient (Wildman–Crippen LogP) is 11.9. The minimum atomic E-state index is -0.243. The SMILES string of the molecule is Cc1cc(Oc2[c-]c3c(cc2)C(C)(C)c2ccccc2N3c2cc(C(C)(C)C)ccn2)[c-]c(C2=N[C@H](C(c3ccccc3)c3ccccc3)CS2)c1.[Pt+2]. The first-order valence-electron chi connectivity index (χ1n) is 18.0. The molecule has 0 spiro atoms. The Kier molecular flexibility index (Phi) is 10.3. The first-order chi connectivity index (χ1) is 25.1. The molecule has 0 saturated carbocycles. The van der Waals surface area contributed by atoms with Crippen LogP contribution < -0.4 is 9.64 Å². The van der Waals surface area contributed by atoms with Crippen LogP contribution in [0.15, 0.2) is 133 Å². The Morgan fingerprint density at radius 2 is 1.47 bits per heavy atom. The van der Waals surface area contributed by atoms with E-state index in [0.717, 1.165) is 39.1 Å². The third-order valence-electron chi connectivity index (χ3n) is 10.3. The second-order valence-electron chi connectivity index (χ2n) is 15.4. The van der Waals surface area contributed by atoms with Gasteiger partial charge in [-0.3, -0.25) is 0 Å². The van der Waals surface area contributed by atoms with Gasteiger partial charge in [0.1, 0.15) is 5.82 Å². The van der Waals surface area contributed by atoms with E-state index in [1.54, 1.807) is 11.8 Å². The molecule has 0 radical (unpaired) electrons. The summed E-state index contributed by atoms with van der Waals surface area (Å²) < 4.78 is 6.63. The maximum atomic E-state index is 6.63. The van der Waals surface area contributed by atoms with Crippen molar-refractivity contribution in [2.45, 2.75) is 64.3 Å². The molecule has 2 aliphatic rings. The number of aromatic nitrogens is 1. The summed E-state index contributed by atoms with van der Waals surface area (Å²) in [5, 5.41) is 0.999. The first kappa shape index (κ1) is 36.9. The van der Waals surface area contributed by atoms with Crippen LogP contribution in [-0.2, 0) is 31.9 Å². The summed E-state index contributed by atoms with van der Waals surface area (Å²) in [6.07, 6.45) is 1.91. The molecule has 8 rings (SSSR count). The van der Waals surface area contributed by atoms with Crippen molar-refractivity contribution < 1.29 is 25.8 Å². The van der Waals surface area contributed by atoms with Crippen molar-refractivity contribution in [2.75, 3.05) is 10.7 Å². The van der Waals surface area contributed by atoms with Crippen LogP contribution in [0.2, 0.25) is 0 Å². The zero-order chi connectivity index (χ0) is 36.0. The molecule has 6 heteroatoms. The monoisotopic (exact) mass is 892 g/mol. The van der Waals surface area contributed by atoms with Crippen LogP contribution in [0.4, 0.5) is 17.2 Å². The van der Waals surface area contributed by atoms with E-state index in [1.807, 2.05) is 18.3 Å². The quantitative estimate of drug-likeness (QED) is 0.150. The number of nitrogens with zero attached hydrogens (tertiary/aromatic N) is 3. The zero-order valence-electron chi connectivity index (χ0n) is 31.0. The number of fused-ring (bicyclic) bond motifs is 2. The van der Waals surface area contributed by atoms with Gasteiger partial charge in [-0.15, -0.1) is 34.9 Å². The molecule has 0 saturated heterocycles. The molecule has 6 aromatic rings. The van der Waals surface area contributed by atoms with Crippen molar-refractivity contribution in [1.29, 1.82) is 0 Å². The minimum Gasteiger partial charge on any atom is -0.503 e. The van der Waals surface area contributed by atoms with Gasteiger partial charge in [0.25, 0.3) is 0 Å². The molecule has 3 heterocycles. The minimum absolute atomic E-state index is 0. The molecular formula is C47H43N3OPtS. The van der Waals surface area contributed by atoms with Crippen molar-refractivity contribution in [1.82, 2.24) is 4.98 Å². The number of aliphatic imine (C=N–C) groups is 1. The molecule has 1 aromatic heterocycles. The molecule has 0 bridgehead atoms. The van der Waals surface area contributed by atoms with Crippen molar-refractivity contribution in [2.24, 2.45) is 4.99 Å². The summed E-state index contributed by atoms with van der Waals surface area (Å²) in [6, 6.07) is 50.2. The topological polar surface area (TPSA) is 37.7 Å². The number of ether oxygens (including phenoxy) is 1. The second kappa shape index (κ2) is 14.8. The maximum Gasteiger partial charge on any atom is 2.00 e. The predicted molar refractivity (Wildman–Crippen MR) is 216 cm³/mol. The van der Waals surface area contributed by atoms with Crippen molar-refractivity contribution >= 4 is 34.0 Å². The second-order valence-corrected chi connectivity index (χ2v) is 16.4. The third kappa shape index (κ3) is 7.27. The summed E-state index contributed by atoms with van der Waals surface area (Å²) in [4.78, 5) is 12.5. The Morgan fingerprint density at radius 1 is 0.792 bits per heavy atom. The van der Waals surface area contributed by atoms with Gasteiger partial charge >= 0.3 is 21.1 Å². The summed E-state index contributed by atoms with van der Waals surface area (Å²) >= 11 is 1.80. The van der Waals surface area contributed by atoms with Crippen molar-refractivity contribution in [3.8, 4) is 11.5 Å². The van der Waals surface area contributed by atoms with Gasteiger partial charge in [-0.2, -0.15) is 17.8 Å². The summed E-state index contributed by atoms with van der Waals surface area (Å²) in [5.41, 5.74) is 10.0. The van der Waals surface area contributed by atoms with E-state index >= 15 is 0 Å². The molecule has 1 atom stereocenters. The van der Waals surface area contributed by atoms with Crippen LogP contribution in [0, 0.1) is 19.1 Å². The summed E-state index contributed by atoms with van der Waals surface area (Å²) in [6.45, 7) is 13.4. The fourth-order valence-electron chi connectivity index (χ4n) is 7.55. The van der Waals surface area contributed by atoms with E-state index in [4.69, 9.17) is 14.7 Å². The largest absolute Gasteiger partial charge is 2.00 e. The van der Waals surface area contributed by atoms with E-state index in [1.165, 1.54) is 27.8 Å². The molecule has 5 aromatic carbocycles. The van der Waals surface area contributed by atoms with E-state index in [0.29, 0.717) is 11.5 Å². The number of aryl methyl sites for hydroxylation is 1. The Hall–Kier alpha value is -4.44. The van der Waals surface area contributed by atoms with E-state index in [-0.39, 0.29) is 43.9 Å². The molecule has 0 unspecified atom stereocenters. The number of pyridine rings is 1. The third-order valence-corrected chi connectivity index (χ3v) is 11.4. The number of anilines is 3. The van der Waals surface area contributed by atoms with Gasteiger partial charge < -0.3 is 14.6 Å². The molecule has 2 aliphatic heterocycles. The van der Waals surface area contributed by atoms with Crippen LogP contribution >= 0.6 is 11.8 Å².